The summed E-state index contributed by atoms with van der Waals surface area (Å²) in [4.78, 5) is 11.5. The molecule has 1 unspecified atom stereocenters. The highest BCUT2D eigenvalue weighted by Crippen LogP contribution is 2.32. The number of piperidine rings is 1. The Kier molecular flexibility index (Phi) is 4.37. The third-order valence-corrected chi connectivity index (χ3v) is 4.95. The molecule has 2 aromatic heterocycles. The van der Waals surface area contributed by atoms with Crippen molar-refractivity contribution in [3.05, 3.63) is 48.4 Å². The zero-order valence-corrected chi connectivity index (χ0v) is 14.8. The summed E-state index contributed by atoms with van der Waals surface area (Å²) >= 11 is 0. The molecule has 0 saturated carbocycles. The second-order valence-electron chi connectivity index (χ2n) is 6.66. The van der Waals surface area contributed by atoms with E-state index in [9.17, 15) is 13.2 Å². The third kappa shape index (κ3) is 3.41. The van der Waals surface area contributed by atoms with Crippen molar-refractivity contribution >= 4 is 17.3 Å². The first-order valence-corrected chi connectivity index (χ1v) is 8.74. The van der Waals surface area contributed by atoms with Gasteiger partial charge in [0, 0.05) is 37.9 Å². The van der Waals surface area contributed by atoms with Crippen molar-refractivity contribution in [1.82, 2.24) is 19.6 Å². The van der Waals surface area contributed by atoms with Crippen LogP contribution in [0.1, 0.15) is 18.5 Å². The van der Waals surface area contributed by atoms with Gasteiger partial charge in [-0.05, 0) is 25.0 Å². The van der Waals surface area contributed by atoms with E-state index >= 15 is 0 Å². The standard InChI is InChI=1S/C18H19F3N6/c1-25(14-8-5-9-26(11-14)13-6-3-2-4-7-13)16-10-15(18(19,20)21)24-17-22-12-23-27(16)17/h2-4,6-7,10,12,14H,5,8-9,11H2,1H3. The number of hydrogen-bond donors (Lipinski definition) is 0. The lowest BCUT2D eigenvalue weighted by Gasteiger charge is -2.39. The van der Waals surface area contributed by atoms with Crippen molar-refractivity contribution in [2.45, 2.75) is 25.1 Å². The first kappa shape index (κ1) is 17.6. The highest BCUT2D eigenvalue weighted by molar-refractivity contribution is 5.51. The molecule has 27 heavy (non-hydrogen) atoms. The van der Waals surface area contributed by atoms with E-state index in [-0.39, 0.29) is 11.8 Å². The SMILES string of the molecule is CN(c1cc(C(F)(F)F)nc2ncnn12)C1CCCN(c2ccccc2)C1. The summed E-state index contributed by atoms with van der Waals surface area (Å²) in [5, 5.41) is 4.06. The van der Waals surface area contributed by atoms with Crippen LogP contribution in [0.4, 0.5) is 24.7 Å². The fourth-order valence-corrected chi connectivity index (χ4v) is 3.52. The third-order valence-electron chi connectivity index (χ3n) is 4.95. The van der Waals surface area contributed by atoms with E-state index in [1.165, 1.54) is 10.8 Å². The van der Waals surface area contributed by atoms with Gasteiger partial charge in [0.15, 0.2) is 5.69 Å². The van der Waals surface area contributed by atoms with E-state index in [1.807, 2.05) is 35.2 Å². The smallest absolute Gasteiger partial charge is 0.369 e. The normalized spacial score (nSPS) is 18.1. The lowest BCUT2D eigenvalue weighted by Crippen LogP contribution is -2.47. The van der Waals surface area contributed by atoms with Gasteiger partial charge in [-0.3, -0.25) is 0 Å². The Balaban J connectivity index is 1.66. The van der Waals surface area contributed by atoms with Gasteiger partial charge in [0.1, 0.15) is 12.1 Å². The lowest BCUT2D eigenvalue weighted by atomic mass is 10.0. The molecule has 0 aliphatic carbocycles. The topological polar surface area (TPSA) is 49.6 Å². The van der Waals surface area contributed by atoms with Gasteiger partial charge in [-0.2, -0.15) is 27.8 Å². The number of hydrogen-bond acceptors (Lipinski definition) is 5. The summed E-state index contributed by atoms with van der Waals surface area (Å²) in [5.41, 5.74) is 0.160. The number of fused-ring (bicyclic) bond motifs is 1. The molecule has 6 nitrogen and oxygen atoms in total. The average molecular weight is 376 g/mol. The molecule has 9 heteroatoms. The van der Waals surface area contributed by atoms with Crippen LogP contribution in [0, 0.1) is 0 Å². The molecule has 3 aromatic rings. The molecule has 1 atom stereocenters. The maximum atomic E-state index is 13.2. The Morgan fingerprint density at radius 3 is 2.70 bits per heavy atom. The number of aromatic nitrogens is 4. The van der Waals surface area contributed by atoms with Crippen LogP contribution >= 0.6 is 0 Å². The van der Waals surface area contributed by atoms with Crippen LogP contribution < -0.4 is 9.80 Å². The first-order valence-electron chi connectivity index (χ1n) is 8.74. The van der Waals surface area contributed by atoms with Gasteiger partial charge in [0.05, 0.1) is 0 Å². The molecule has 0 bridgehead atoms. The van der Waals surface area contributed by atoms with E-state index < -0.39 is 11.9 Å². The molecule has 4 rings (SSSR count). The van der Waals surface area contributed by atoms with Gasteiger partial charge in [0.2, 0.25) is 0 Å². The number of likely N-dealkylation sites (N-methyl/N-ethyl adjacent to an activating group) is 1. The number of para-hydroxylation sites is 1. The van der Waals surface area contributed by atoms with Crippen LogP contribution in [-0.2, 0) is 6.18 Å². The maximum absolute atomic E-state index is 13.2. The summed E-state index contributed by atoms with van der Waals surface area (Å²) < 4.78 is 41.1. The molecule has 0 N–H and O–H groups in total. The van der Waals surface area contributed by atoms with Crippen molar-refractivity contribution < 1.29 is 13.2 Å². The van der Waals surface area contributed by atoms with E-state index in [4.69, 9.17) is 0 Å². The van der Waals surface area contributed by atoms with E-state index in [2.05, 4.69) is 20.0 Å². The molecule has 1 aliphatic rings. The highest BCUT2D eigenvalue weighted by atomic mass is 19.4. The molecule has 0 spiro atoms. The highest BCUT2D eigenvalue weighted by Gasteiger charge is 2.35. The Morgan fingerprint density at radius 1 is 1.19 bits per heavy atom. The largest absolute Gasteiger partial charge is 0.433 e. The minimum Gasteiger partial charge on any atom is -0.369 e. The number of alkyl halides is 3. The summed E-state index contributed by atoms with van der Waals surface area (Å²) in [7, 11) is 1.80. The monoisotopic (exact) mass is 376 g/mol. The van der Waals surface area contributed by atoms with Crippen LogP contribution in [0.25, 0.3) is 5.78 Å². The van der Waals surface area contributed by atoms with Crippen molar-refractivity contribution in [3.63, 3.8) is 0 Å². The van der Waals surface area contributed by atoms with Gasteiger partial charge in [0.25, 0.3) is 5.78 Å². The van der Waals surface area contributed by atoms with Crippen molar-refractivity contribution in [1.29, 1.82) is 0 Å². The average Bonchev–Trinajstić information content (AvgIpc) is 3.15. The lowest BCUT2D eigenvalue weighted by molar-refractivity contribution is -0.141. The van der Waals surface area contributed by atoms with Gasteiger partial charge < -0.3 is 9.80 Å². The van der Waals surface area contributed by atoms with Crippen molar-refractivity contribution in [2.24, 2.45) is 0 Å². The van der Waals surface area contributed by atoms with Crippen molar-refractivity contribution in [2.75, 3.05) is 29.9 Å². The molecule has 0 radical (unpaired) electrons. The Hall–Kier alpha value is -2.84. The second kappa shape index (κ2) is 6.71. The molecule has 1 aliphatic heterocycles. The maximum Gasteiger partial charge on any atom is 0.433 e. The Labute approximate surface area is 154 Å². The van der Waals surface area contributed by atoms with Gasteiger partial charge in [-0.25, -0.2) is 4.98 Å². The minimum absolute atomic E-state index is 0.0508. The Bertz CT molecular complexity index is 924. The first-order chi connectivity index (χ1) is 12.9. The fourth-order valence-electron chi connectivity index (χ4n) is 3.52. The fraction of sp³-hybridized carbons (Fsp3) is 0.389. The van der Waals surface area contributed by atoms with Gasteiger partial charge >= 0.3 is 6.18 Å². The number of rotatable bonds is 3. The molecule has 1 aromatic carbocycles. The van der Waals surface area contributed by atoms with Crippen LogP contribution in [0.2, 0.25) is 0 Å². The minimum atomic E-state index is -4.54. The Morgan fingerprint density at radius 2 is 1.96 bits per heavy atom. The molecule has 1 fully saturated rings. The molecule has 3 heterocycles. The zero-order valence-electron chi connectivity index (χ0n) is 14.8. The molecular weight excluding hydrogens is 357 g/mol. The molecular formula is C18H19F3N6. The van der Waals surface area contributed by atoms with Crippen LogP contribution in [0.5, 0.6) is 0 Å². The molecule has 1 saturated heterocycles. The number of anilines is 2. The second-order valence-corrected chi connectivity index (χ2v) is 6.66. The molecule has 142 valence electrons. The quantitative estimate of drug-likeness (QED) is 0.702. The summed E-state index contributed by atoms with van der Waals surface area (Å²) in [6.45, 7) is 1.65. The zero-order chi connectivity index (χ0) is 19.0. The van der Waals surface area contributed by atoms with Crippen molar-refractivity contribution in [3.8, 4) is 0 Å². The predicted molar refractivity (Wildman–Crippen MR) is 95.9 cm³/mol. The summed E-state index contributed by atoms with van der Waals surface area (Å²) in [5.74, 6) is 0.284. The van der Waals surface area contributed by atoms with E-state index in [1.54, 1.807) is 7.05 Å². The molecule has 0 amide bonds. The van der Waals surface area contributed by atoms with E-state index in [0.29, 0.717) is 5.82 Å². The summed E-state index contributed by atoms with van der Waals surface area (Å²) in [6.07, 6.45) is -1.47. The number of benzene rings is 1. The van der Waals surface area contributed by atoms with Crippen LogP contribution in [-0.4, -0.2) is 45.8 Å². The van der Waals surface area contributed by atoms with E-state index in [0.717, 1.165) is 37.7 Å². The van der Waals surface area contributed by atoms with Crippen LogP contribution in [0.3, 0.4) is 0 Å². The van der Waals surface area contributed by atoms with Gasteiger partial charge in [-0.15, -0.1) is 0 Å². The summed E-state index contributed by atoms with van der Waals surface area (Å²) in [6, 6.07) is 11.1. The number of nitrogens with zero attached hydrogens (tertiary/aromatic N) is 6. The van der Waals surface area contributed by atoms with Crippen LogP contribution in [0.15, 0.2) is 42.7 Å². The number of halogens is 3. The van der Waals surface area contributed by atoms with Gasteiger partial charge in [-0.1, -0.05) is 18.2 Å². The predicted octanol–water partition coefficient (Wildman–Crippen LogP) is 3.25.